The number of anilines is 1. The lowest BCUT2D eigenvalue weighted by molar-refractivity contribution is 0.0989. The highest BCUT2D eigenvalue weighted by atomic mass is 16.2. The first-order chi connectivity index (χ1) is 14.7. The highest BCUT2D eigenvalue weighted by molar-refractivity contribution is 6.08. The fourth-order valence-electron chi connectivity index (χ4n) is 4.37. The van der Waals surface area contributed by atoms with Crippen LogP contribution in [0.4, 0.5) is 5.95 Å². The molecule has 0 radical (unpaired) electrons. The van der Waals surface area contributed by atoms with Crippen LogP contribution in [0.15, 0.2) is 72.8 Å². The first-order valence-electron chi connectivity index (χ1n) is 10.0. The van der Waals surface area contributed by atoms with E-state index in [4.69, 9.17) is 4.98 Å². The minimum absolute atomic E-state index is 0.0436. The molecular formula is C24H19N5O. The Kier molecular flexibility index (Phi) is 3.56. The number of nitrogens with zero attached hydrogens (tertiary/aromatic N) is 5. The van der Waals surface area contributed by atoms with E-state index in [0.29, 0.717) is 18.1 Å². The van der Waals surface area contributed by atoms with Gasteiger partial charge in [0.2, 0.25) is 5.95 Å². The molecule has 1 amide bonds. The summed E-state index contributed by atoms with van der Waals surface area (Å²) >= 11 is 0. The molecule has 1 aliphatic rings. The summed E-state index contributed by atoms with van der Waals surface area (Å²) in [6.07, 6.45) is 0. The molecule has 146 valence electrons. The van der Waals surface area contributed by atoms with Crippen LogP contribution in [0.3, 0.4) is 0 Å². The van der Waals surface area contributed by atoms with Crippen molar-refractivity contribution in [1.82, 2.24) is 19.1 Å². The standard InChI is InChI=1S/C24H19N5O/c1-16-25-20-15-17(11-12-22(20)29(16)18-7-3-2-4-8-18)23(30)28-14-13-27-21-10-6-5-9-19(21)26-24(27)28/h2-12,15H,13-14H2,1H3. The Morgan fingerprint density at radius 2 is 1.63 bits per heavy atom. The van der Waals surface area contributed by atoms with Gasteiger partial charge in [0, 0.05) is 24.3 Å². The maximum absolute atomic E-state index is 13.3. The maximum Gasteiger partial charge on any atom is 0.260 e. The predicted molar refractivity (Wildman–Crippen MR) is 117 cm³/mol. The van der Waals surface area contributed by atoms with Gasteiger partial charge in [-0.25, -0.2) is 9.97 Å². The molecule has 0 aliphatic carbocycles. The number of hydrogen-bond acceptors (Lipinski definition) is 3. The third kappa shape index (κ3) is 2.40. The van der Waals surface area contributed by atoms with Crippen LogP contribution in [0.5, 0.6) is 0 Å². The Hall–Kier alpha value is -3.93. The highest BCUT2D eigenvalue weighted by Crippen LogP contribution is 2.29. The van der Waals surface area contributed by atoms with Crippen LogP contribution in [0, 0.1) is 6.92 Å². The van der Waals surface area contributed by atoms with Gasteiger partial charge in [-0.2, -0.15) is 0 Å². The SMILES string of the molecule is Cc1nc2cc(C(=O)N3CCn4c3nc3ccccc34)ccc2n1-c1ccccc1. The van der Waals surface area contributed by atoms with Gasteiger partial charge in [0.15, 0.2) is 0 Å². The van der Waals surface area contributed by atoms with Gasteiger partial charge in [0.05, 0.1) is 22.1 Å². The summed E-state index contributed by atoms with van der Waals surface area (Å²) in [5, 5.41) is 0. The fourth-order valence-corrected chi connectivity index (χ4v) is 4.37. The van der Waals surface area contributed by atoms with Crippen molar-refractivity contribution in [2.75, 3.05) is 11.4 Å². The van der Waals surface area contributed by atoms with Crippen molar-refractivity contribution in [1.29, 1.82) is 0 Å². The van der Waals surface area contributed by atoms with E-state index in [0.717, 1.165) is 40.1 Å². The van der Waals surface area contributed by atoms with E-state index in [1.807, 2.05) is 67.6 Å². The van der Waals surface area contributed by atoms with Gasteiger partial charge in [-0.15, -0.1) is 0 Å². The zero-order valence-corrected chi connectivity index (χ0v) is 16.5. The molecular weight excluding hydrogens is 374 g/mol. The Morgan fingerprint density at radius 1 is 0.833 bits per heavy atom. The Labute approximate surface area is 173 Å². The number of hydrogen-bond donors (Lipinski definition) is 0. The van der Waals surface area contributed by atoms with Crippen LogP contribution < -0.4 is 4.90 Å². The van der Waals surface area contributed by atoms with Crippen LogP contribution in [-0.4, -0.2) is 31.6 Å². The number of fused-ring (bicyclic) bond motifs is 4. The topological polar surface area (TPSA) is 56.0 Å². The molecule has 6 rings (SSSR count). The molecule has 2 aromatic heterocycles. The van der Waals surface area contributed by atoms with Crippen molar-refractivity contribution >= 4 is 33.9 Å². The van der Waals surface area contributed by atoms with Gasteiger partial charge in [-0.05, 0) is 49.4 Å². The maximum atomic E-state index is 13.3. The summed E-state index contributed by atoms with van der Waals surface area (Å²) in [5.41, 5.74) is 5.47. The summed E-state index contributed by atoms with van der Waals surface area (Å²) in [6, 6.07) is 23.9. The van der Waals surface area contributed by atoms with Crippen LogP contribution in [0.25, 0.3) is 27.8 Å². The second-order valence-electron chi connectivity index (χ2n) is 7.54. The lowest BCUT2D eigenvalue weighted by atomic mass is 10.1. The minimum Gasteiger partial charge on any atom is -0.308 e. The predicted octanol–water partition coefficient (Wildman–Crippen LogP) is 4.34. The number of aromatic nitrogens is 4. The number of carbonyl (C=O) groups is 1. The third-order valence-electron chi connectivity index (χ3n) is 5.75. The minimum atomic E-state index is -0.0436. The lowest BCUT2D eigenvalue weighted by Crippen LogP contribution is -2.29. The van der Waals surface area contributed by atoms with Crippen molar-refractivity contribution in [3.63, 3.8) is 0 Å². The molecule has 0 atom stereocenters. The van der Waals surface area contributed by atoms with Gasteiger partial charge < -0.3 is 4.57 Å². The van der Waals surface area contributed by atoms with Gasteiger partial charge in [0.25, 0.3) is 5.91 Å². The van der Waals surface area contributed by atoms with Gasteiger partial charge in [-0.1, -0.05) is 30.3 Å². The summed E-state index contributed by atoms with van der Waals surface area (Å²) in [4.78, 5) is 24.5. The molecule has 0 saturated carbocycles. The average Bonchev–Trinajstić information content (AvgIpc) is 3.44. The van der Waals surface area contributed by atoms with E-state index < -0.39 is 0 Å². The third-order valence-corrected chi connectivity index (χ3v) is 5.75. The smallest absolute Gasteiger partial charge is 0.260 e. The van der Waals surface area contributed by atoms with Crippen molar-refractivity contribution < 1.29 is 4.79 Å². The van der Waals surface area contributed by atoms with E-state index in [2.05, 4.69) is 26.3 Å². The van der Waals surface area contributed by atoms with Crippen molar-refractivity contribution in [2.24, 2.45) is 0 Å². The van der Waals surface area contributed by atoms with E-state index in [1.165, 1.54) is 0 Å². The molecule has 0 N–H and O–H groups in total. The number of carbonyl (C=O) groups excluding carboxylic acids is 1. The zero-order valence-electron chi connectivity index (χ0n) is 16.5. The summed E-state index contributed by atoms with van der Waals surface area (Å²) < 4.78 is 4.22. The lowest BCUT2D eigenvalue weighted by Gasteiger charge is -2.14. The van der Waals surface area contributed by atoms with E-state index in [-0.39, 0.29) is 5.91 Å². The molecule has 0 bridgehead atoms. The monoisotopic (exact) mass is 393 g/mol. The van der Waals surface area contributed by atoms with E-state index >= 15 is 0 Å². The number of para-hydroxylation sites is 3. The second kappa shape index (κ2) is 6.29. The molecule has 5 aromatic rings. The fraction of sp³-hybridized carbons (Fsp3) is 0.125. The van der Waals surface area contributed by atoms with E-state index in [1.54, 1.807) is 4.90 Å². The number of amides is 1. The van der Waals surface area contributed by atoms with Crippen LogP contribution in [0.1, 0.15) is 16.2 Å². The Balaban J connectivity index is 1.41. The van der Waals surface area contributed by atoms with E-state index in [9.17, 15) is 4.79 Å². The first-order valence-corrected chi connectivity index (χ1v) is 10.0. The van der Waals surface area contributed by atoms with Crippen LogP contribution in [-0.2, 0) is 6.54 Å². The van der Waals surface area contributed by atoms with Gasteiger partial charge in [0.1, 0.15) is 5.82 Å². The number of rotatable bonds is 2. The summed E-state index contributed by atoms with van der Waals surface area (Å²) in [6.45, 7) is 3.37. The van der Waals surface area contributed by atoms with Crippen LogP contribution >= 0.6 is 0 Å². The Morgan fingerprint density at radius 3 is 2.50 bits per heavy atom. The zero-order chi connectivity index (χ0) is 20.2. The molecule has 30 heavy (non-hydrogen) atoms. The molecule has 6 nitrogen and oxygen atoms in total. The largest absolute Gasteiger partial charge is 0.308 e. The molecule has 0 fully saturated rings. The number of aryl methyl sites for hydroxylation is 1. The second-order valence-corrected chi connectivity index (χ2v) is 7.54. The van der Waals surface area contributed by atoms with Crippen molar-refractivity contribution in [2.45, 2.75) is 13.5 Å². The molecule has 1 aliphatic heterocycles. The molecule has 0 saturated heterocycles. The quantitative estimate of drug-likeness (QED) is 0.448. The number of benzene rings is 3. The number of imidazole rings is 2. The molecule has 3 aromatic carbocycles. The van der Waals surface area contributed by atoms with Crippen LogP contribution in [0.2, 0.25) is 0 Å². The van der Waals surface area contributed by atoms with Gasteiger partial charge in [-0.3, -0.25) is 14.3 Å². The van der Waals surface area contributed by atoms with Crippen molar-refractivity contribution in [3.05, 3.63) is 84.2 Å². The summed E-state index contributed by atoms with van der Waals surface area (Å²) in [7, 11) is 0. The molecule has 6 heteroatoms. The average molecular weight is 393 g/mol. The van der Waals surface area contributed by atoms with Gasteiger partial charge >= 0.3 is 0 Å². The normalized spacial score (nSPS) is 13.3. The molecule has 0 spiro atoms. The molecule has 3 heterocycles. The Bertz CT molecular complexity index is 1430. The summed E-state index contributed by atoms with van der Waals surface area (Å²) in [5.74, 6) is 1.56. The molecule has 0 unspecified atom stereocenters. The highest BCUT2D eigenvalue weighted by Gasteiger charge is 2.29. The van der Waals surface area contributed by atoms with Crippen molar-refractivity contribution in [3.8, 4) is 5.69 Å². The first kappa shape index (κ1) is 17.0.